The van der Waals surface area contributed by atoms with E-state index in [1.165, 1.54) is 0 Å². The molecule has 56 heavy (non-hydrogen) atoms. The molecular weight excluding hydrogens is 691 g/mol. The summed E-state index contributed by atoms with van der Waals surface area (Å²) in [4.78, 5) is 15.5. The zero-order valence-electron chi connectivity index (χ0n) is 30.1. The molecule has 0 bridgehead atoms. The summed E-state index contributed by atoms with van der Waals surface area (Å²) >= 11 is 0. The lowest BCUT2D eigenvalue weighted by Crippen LogP contribution is -2.00. The van der Waals surface area contributed by atoms with Gasteiger partial charge in [-0.2, -0.15) is 0 Å². The van der Waals surface area contributed by atoms with Crippen LogP contribution in [0.3, 0.4) is 0 Å². The molecular formula is C49H31N5O2. The van der Waals surface area contributed by atoms with Crippen molar-refractivity contribution in [3.05, 3.63) is 164 Å². The van der Waals surface area contributed by atoms with Gasteiger partial charge in [-0.05, 0) is 79.6 Å². The minimum Gasteiger partial charge on any atom is -0.439 e. The third kappa shape index (κ3) is 4.61. The number of fused-ring (bicyclic) bond motifs is 10. The van der Waals surface area contributed by atoms with E-state index in [4.69, 9.17) is 23.8 Å². The van der Waals surface area contributed by atoms with Gasteiger partial charge in [0.1, 0.15) is 11.2 Å². The maximum atomic E-state index is 6.58. The van der Waals surface area contributed by atoms with Gasteiger partial charge in [0.05, 0.1) is 21.8 Å². The average Bonchev–Trinajstić information content (AvgIpc) is 4.00. The highest BCUT2D eigenvalue weighted by Crippen LogP contribution is 2.43. The van der Waals surface area contributed by atoms with Crippen LogP contribution in [0.4, 0.5) is 0 Å². The smallest absolute Gasteiger partial charge is 0.213 e. The van der Waals surface area contributed by atoms with Crippen molar-refractivity contribution < 1.29 is 8.83 Å². The van der Waals surface area contributed by atoms with E-state index in [2.05, 4.69) is 112 Å². The van der Waals surface area contributed by atoms with E-state index in [1.54, 1.807) is 0 Å². The van der Waals surface area contributed by atoms with Crippen molar-refractivity contribution >= 4 is 71.6 Å². The molecule has 0 spiro atoms. The highest BCUT2D eigenvalue weighted by molar-refractivity contribution is 6.22. The molecule has 0 saturated heterocycles. The highest BCUT2D eigenvalue weighted by atomic mass is 16.3. The molecule has 7 heteroatoms. The van der Waals surface area contributed by atoms with Crippen molar-refractivity contribution in [3.63, 3.8) is 0 Å². The summed E-state index contributed by atoms with van der Waals surface area (Å²) in [5.41, 5.74) is 10.3. The average molecular weight is 722 g/mol. The van der Waals surface area contributed by atoms with Gasteiger partial charge in [-0.3, -0.25) is 9.13 Å². The zero-order valence-corrected chi connectivity index (χ0v) is 30.1. The quantitative estimate of drug-likeness (QED) is 0.177. The van der Waals surface area contributed by atoms with Crippen LogP contribution in [0, 0.1) is 0 Å². The van der Waals surface area contributed by atoms with Crippen LogP contribution in [0.2, 0.25) is 0 Å². The van der Waals surface area contributed by atoms with Gasteiger partial charge in [-0.15, -0.1) is 0 Å². The molecule has 264 valence electrons. The van der Waals surface area contributed by atoms with Crippen LogP contribution in [0.25, 0.3) is 111 Å². The Morgan fingerprint density at radius 1 is 0.446 bits per heavy atom. The molecule has 0 unspecified atom stereocenters. The van der Waals surface area contributed by atoms with E-state index in [0.29, 0.717) is 17.5 Å². The molecule has 11 aromatic rings. The highest BCUT2D eigenvalue weighted by Gasteiger charge is 2.23. The first kappa shape index (κ1) is 30.9. The van der Waals surface area contributed by atoms with Gasteiger partial charge in [0, 0.05) is 49.6 Å². The second-order valence-electron chi connectivity index (χ2n) is 14.3. The monoisotopic (exact) mass is 721 g/mol. The van der Waals surface area contributed by atoms with Crippen LogP contribution in [0.15, 0.2) is 173 Å². The van der Waals surface area contributed by atoms with E-state index in [-0.39, 0.29) is 0 Å². The van der Waals surface area contributed by atoms with Gasteiger partial charge in [-0.1, -0.05) is 97.1 Å². The second-order valence-corrected chi connectivity index (χ2v) is 14.3. The number of hydrogen-bond acceptors (Lipinski definition) is 5. The summed E-state index contributed by atoms with van der Waals surface area (Å²) in [7, 11) is 0. The lowest BCUT2D eigenvalue weighted by atomic mass is 10.1. The molecule has 0 fully saturated rings. The number of furan rings is 2. The Balaban J connectivity index is 1.09. The van der Waals surface area contributed by atoms with Gasteiger partial charge >= 0.3 is 0 Å². The lowest BCUT2D eigenvalue weighted by molar-refractivity contribution is 0.645. The molecule has 5 aromatic heterocycles. The first-order chi connectivity index (χ1) is 27.8. The van der Waals surface area contributed by atoms with Crippen LogP contribution in [-0.2, 0) is 0 Å². The first-order valence-electron chi connectivity index (χ1n) is 18.9. The molecule has 1 aliphatic carbocycles. The summed E-state index contributed by atoms with van der Waals surface area (Å²) in [5, 5.41) is 6.45. The minimum absolute atomic E-state index is 0.596. The fraction of sp³-hybridized carbons (Fsp3) is 0.0408. The Labute approximate surface area is 320 Å². The van der Waals surface area contributed by atoms with Crippen LogP contribution in [0.5, 0.6) is 0 Å². The van der Waals surface area contributed by atoms with Crippen molar-refractivity contribution in [2.24, 2.45) is 0 Å². The Hall–Kier alpha value is -7.51. The molecule has 12 rings (SSSR count). The van der Waals surface area contributed by atoms with Crippen molar-refractivity contribution in [2.75, 3.05) is 0 Å². The molecule has 0 radical (unpaired) electrons. The van der Waals surface area contributed by atoms with Gasteiger partial charge in [0.25, 0.3) is 0 Å². The molecule has 7 nitrogen and oxygen atoms in total. The van der Waals surface area contributed by atoms with Gasteiger partial charge in [0.15, 0.2) is 17.5 Å². The molecule has 5 heterocycles. The van der Waals surface area contributed by atoms with Crippen molar-refractivity contribution in [1.29, 1.82) is 0 Å². The van der Waals surface area contributed by atoms with E-state index < -0.39 is 0 Å². The number of hydrogen-bond donors (Lipinski definition) is 0. The van der Waals surface area contributed by atoms with Crippen molar-refractivity contribution in [2.45, 2.75) is 12.8 Å². The van der Waals surface area contributed by atoms with E-state index in [0.717, 1.165) is 107 Å². The Morgan fingerprint density at radius 3 is 1.55 bits per heavy atom. The topological polar surface area (TPSA) is 74.8 Å². The third-order valence-electron chi connectivity index (χ3n) is 11.0. The molecule has 0 saturated carbocycles. The van der Waals surface area contributed by atoms with Gasteiger partial charge in [0.2, 0.25) is 11.4 Å². The lowest BCUT2D eigenvalue weighted by Gasteiger charge is -2.11. The largest absolute Gasteiger partial charge is 0.439 e. The SMILES string of the molecule is C1=CC(n2c3ccc(-c4nc(-c5ccccc5)nc(-c5ccc6c(c5)c5c7ccccc7oc5n6-c5ccccc5)n4)cc3c3c4ccccc4oc32)=CCC1. The Bertz CT molecular complexity index is 3420. The molecule has 6 aromatic carbocycles. The van der Waals surface area contributed by atoms with Crippen molar-refractivity contribution in [1.82, 2.24) is 24.1 Å². The van der Waals surface area contributed by atoms with E-state index in [9.17, 15) is 0 Å². The third-order valence-corrected chi connectivity index (χ3v) is 11.0. The van der Waals surface area contributed by atoms with Crippen LogP contribution >= 0.6 is 0 Å². The summed E-state index contributed by atoms with van der Waals surface area (Å²) < 4.78 is 17.6. The normalized spacial score (nSPS) is 13.2. The Kier molecular flexibility index (Phi) is 6.62. The first-order valence-corrected chi connectivity index (χ1v) is 18.9. The molecule has 0 aliphatic heterocycles. The number of benzene rings is 6. The maximum absolute atomic E-state index is 6.58. The van der Waals surface area contributed by atoms with Crippen LogP contribution in [-0.4, -0.2) is 24.1 Å². The number of allylic oxidation sites excluding steroid dienone is 4. The molecule has 0 amide bonds. The predicted molar refractivity (Wildman–Crippen MR) is 226 cm³/mol. The number of para-hydroxylation sites is 3. The Morgan fingerprint density at radius 2 is 0.964 bits per heavy atom. The van der Waals surface area contributed by atoms with E-state index in [1.807, 2.05) is 60.7 Å². The molecule has 0 atom stereocenters. The summed E-state index contributed by atoms with van der Waals surface area (Å²) in [5.74, 6) is 1.81. The predicted octanol–water partition coefficient (Wildman–Crippen LogP) is 12.8. The summed E-state index contributed by atoms with van der Waals surface area (Å²) in [6.07, 6.45) is 8.74. The summed E-state index contributed by atoms with van der Waals surface area (Å²) in [6, 6.07) is 49.9. The zero-order chi connectivity index (χ0) is 36.7. The van der Waals surface area contributed by atoms with Crippen LogP contribution < -0.4 is 0 Å². The van der Waals surface area contributed by atoms with E-state index >= 15 is 0 Å². The fourth-order valence-corrected chi connectivity index (χ4v) is 8.47. The van der Waals surface area contributed by atoms with Gasteiger partial charge in [-0.25, -0.2) is 15.0 Å². The minimum atomic E-state index is 0.596. The number of rotatable bonds is 5. The second kappa shape index (κ2) is 12.0. The summed E-state index contributed by atoms with van der Waals surface area (Å²) in [6.45, 7) is 0. The van der Waals surface area contributed by atoms with Gasteiger partial charge < -0.3 is 8.83 Å². The maximum Gasteiger partial charge on any atom is 0.213 e. The standard InChI is InChI=1S/C49H31N5O2/c1-4-14-30(15-5-1)45-50-46(31-24-26-39-37(28-31)43-35-20-10-12-22-41(35)55-48(43)53(39)33-16-6-2-7-17-33)52-47(51-45)32-25-27-40-38(29-32)44-36-21-11-13-23-42(36)56-49(44)54(40)34-18-8-3-9-19-34/h1-2,4-8,10-29H,3,9H2. The number of nitrogens with zero attached hydrogens (tertiary/aromatic N) is 5. The van der Waals surface area contributed by atoms with Crippen LogP contribution in [0.1, 0.15) is 12.8 Å². The van der Waals surface area contributed by atoms with Crippen molar-refractivity contribution in [3.8, 4) is 39.9 Å². The molecule has 0 N–H and O–H groups in total. The fourth-order valence-electron chi connectivity index (χ4n) is 8.47. The number of aromatic nitrogens is 5. The molecule has 1 aliphatic rings.